The fourth-order valence-corrected chi connectivity index (χ4v) is 3.45. The first kappa shape index (κ1) is 14.5. The minimum atomic E-state index is -0.0641. The predicted molar refractivity (Wildman–Crippen MR) is 82.1 cm³/mol. The molecule has 2 heterocycles. The Hall–Kier alpha value is -1.39. The molecule has 2 aliphatic heterocycles. The van der Waals surface area contributed by atoms with Crippen molar-refractivity contribution in [2.24, 2.45) is 5.92 Å². The molecular weight excluding hydrogens is 264 g/mol. The summed E-state index contributed by atoms with van der Waals surface area (Å²) in [6.07, 6.45) is 2.47. The molecular formula is C17H24N2O2. The van der Waals surface area contributed by atoms with Gasteiger partial charge in [0.25, 0.3) is 0 Å². The van der Waals surface area contributed by atoms with Gasteiger partial charge in [0.1, 0.15) is 0 Å². The molecule has 0 saturated carbocycles. The normalized spacial score (nSPS) is 24.9. The van der Waals surface area contributed by atoms with E-state index in [-0.39, 0.29) is 12.0 Å². The van der Waals surface area contributed by atoms with Crippen LogP contribution in [0.4, 0.5) is 0 Å². The minimum Gasteiger partial charge on any atom is -0.373 e. The fraction of sp³-hybridized carbons (Fsp3) is 0.588. The monoisotopic (exact) mass is 288 g/mol. The number of carbonyl (C=O) groups is 1. The lowest BCUT2D eigenvalue weighted by atomic mass is 9.95. The van der Waals surface area contributed by atoms with Crippen LogP contribution in [-0.4, -0.2) is 44.1 Å². The van der Waals surface area contributed by atoms with Gasteiger partial charge >= 0.3 is 0 Å². The van der Waals surface area contributed by atoms with Crippen LogP contribution in [0.15, 0.2) is 24.3 Å². The predicted octanol–water partition coefficient (Wildman–Crippen LogP) is 1.76. The number of ether oxygens (including phenoxy) is 1. The summed E-state index contributed by atoms with van der Waals surface area (Å²) in [6.45, 7) is 3.48. The molecule has 1 N–H and O–H groups in total. The summed E-state index contributed by atoms with van der Waals surface area (Å²) in [5, 5.41) is 3.20. The van der Waals surface area contributed by atoms with E-state index in [2.05, 4.69) is 23.5 Å². The van der Waals surface area contributed by atoms with Gasteiger partial charge in [-0.25, -0.2) is 0 Å². The van der Waals surface area contributed by atoms with Crippen molar-refractivity contribution in [1.29, 1.82) is 0 Å². The Morgan fingerprint density at radius 2 is 2.29 bits per heavy atom. The van der Waals surface area contributed by atoms with Crippen LogP contribution in [-0.2, 0) is 16.0 Å². The number of nitrogens with one attached hydrogen (secondary N) is 1. The molecule has 1 fully saturated rings. The van der Waals surface area contributed by atoms with E-state index in [1.54, 1.807) is 0 Å². The van der Waals surface area contributed by atoms with Crippen LogP contribution in [0.5, 0.6) is 0 Å². The quantitative estimate of drug-likeness (QED) is 0.918. The lowest BCUT2D eigenvalue weighted by Gasteiger charge is -2.27. The Kier molecular flexibility index (Phi) is 4.56. The van der Waals surface area contributed by atoms with E-state index in [0.717, 1.165) is 39.1 Å². The van der Waals surface area contributed by atoms with Crippen LogP contribution in [0.25, 0.3) is 0 Å². The number of rotatable bonds is 4. The van der Waals surface area contributed by atoms with Crippen LogP contribution < -0.4 is 5.32 Å². The summed E-state index contributed by atoms with van der Waals surface area (Å²) in [7, 11) is 1.97. The molecule has 21 heavy (non-hydrogen) atoms. The zero-order valence-corrected chi connectivity index (χ0v) is 12.7. The highest BCUT2D eigenvalue weighted by Gasteiger charge is 2.29. The largest absolute Gasteiger partial charge is 0.373 e. The van der Waals surface area contributed by atoms with Gasteiger partial charge in [-0.15, -0.1) is 0 Å². The number of hydrogen-bond acceptors (Lipinski definition) is 3. The van der Waals surface area contributed by atoms with E-state index in [1.165, 1.54) is 11.1 Å². The number of likely N-dealkylation sites (tertiary alicyclic amines) is 1. The van der Waals surface area contributed by atoms with E-state index < -0.39 is 0 Å². The number of hydrogen-bond donors (Lipinski definition) is 1. The Morgan fingerprint density at radius 1 is 1.43 bits per heavy atom. The van der Waals surface area contributed by atoms with Crippen LogP contribution in [0.2, 0.25) is 0 Å². The Labute approximate surface area is 126 Å². The van der Waals surface area contributed by atoms with Crippen LogP contribution in [0, 0.1) is 5.92 Å². The average Bonchev–Trinajstić information content (AvgIpc) is 2.97. The molecule has 1 aromatic rings. The Balaban J connectivity index is 1.61. The van der Waals surface area contributed by atoms with Crippen LogP contribution in [0.1, 0.15) is 30.1 Å². The molecule has 0 spiro atoms. The first-order chi connectivity index (χ1) is 10.3. The van der Waals surface area contributed by atoms with Crippen molar-refractivity contribution in [2.75, 3.05) is 33.3 Å². The smallest absolute Gasteiger partial charge is 0.225 e. The topological polar surface area (TPSA) is 41.6 Å². The van der Waals surface area contributed by atoms with Crippen molar-refractivity contribution >= 4 is 5.91 Å². The molecule has 1 saturated heterocycles. The molecule has 0 unspecified atom stereocenters. The number of nitrogens with zero attached hydrogens (tertiary/aromatic N) is 1. The molecule has 0 bridgehead atoms. The molecule has 4 heteroatoms. The summed E-state index contributed by atoms with van der Waals surface area (Å²) in [4.78, 5) is 14.5. The van der Waals surface area contributed by atoms with E-state index in [1.807, 2.05) is 18.0 Å². The third-order valence-electron chi connectivity index (χ3n) is 4.58. The second-order valence-corrected chi connectivity index (χ2v) is 6.06. The number of carbonyl (C=O) groups excluding carboxylic acids is 1. The van der Waals surface area contributed by atoms with Crippen molar-refractivity contribution in [3.05, 3.63) is 35.4 Å². The summed E-state index contributed by atoms with van der Waals surface area (Å²) < 4.78 is 5.85. The number of fused-ring (bicyclic) bond motifs is 1. The van der Waals surface area contributed by atoms with Crippen molar-refractivity contribution < 1.29 is 9.53 Å². The van der Waals surface area contributed by atoms with Crippen molar-refractivity contribution in [3.63, 3.8) is 0 Å². The van der Waals surface area contributed by atoms with Crippen LogP contribution >= 0.6 is 0 Å². The van der Waals surface area contributed by atoms with Crippen molar-refractivity contribution in [2.45, 2.75) is 25.4 Å². The maximum atomic E-state index is 12.5. The van der Waals surface area contributed by atoms with E-state index in [0.29, 0.717) is 12.3 Å². The van der Waals surface area contributed by atoms with Crippen molar-refractivity contribution in [1.82, 2.24) is 10.2 Å². The molecule has 0 radical (unpaired) electrons. The Morgan fingerprint density at radius 3 is 3.14 bits per heavy atom. The first-order valence-corrected chi connectivity index (χ1v) is 7.89. The van der Waals surface area contributed by atoms with Gasteiger partial charge in [0.2, 0.25) is 5.91 Å². The van der Waals surface area contributed by atoms with Gasteiger partial charge in [-0.3, -0.25) is 4.79 Å². The molecule has 2 aliphatic rings. The lowest BCUT2D eigenvalue weighted by molar-refractivity contribution is -0.133. The second kappa shape index (κ2) is 6.58. The standard InChI is InChI=1S/C17H24N2O2/c1-18-11-13-6-8-19(12-13)17(20)10-16-15-5-3-2-4-14(15)7-9-21-16/h2-5,13,16,18H,6-12H2,1H3/t13-,16+/m1/s1. The van der Waals surface area contributed by atoms with Gasteiger partial charge in [-0.05, 0) is 43.5 Å². The lowest BCUT2D eigenvalue weighted by Crippen LogP contribution is -2.32. The van der Waals surface area contributed by atoms with Crippen LogP contribution in [0.3, 0.4) is 0 Å². The molecule has 0 aliphatic carbocycles. The molecule has 114 valence electrons. The van der Waals surface area contributed by atoms with E-state index in [9.17, 15) is 4.79 Å². The Bertz CT molecular complexity index is 503. The van der Waals surface area contributed by atoms with Gasteiger partial charge in [-0.2, -0.15) is 0 Å². The highest BCUT2D eigenvalue weighted by molar-refractivity contribution is 5.77. The fourth-order valence-electron chi connectivity index (χ4n) is 3.45. The van der Waals surface area contributed by atoms with Gasteiger partial charge in [-0.1, -0.05) is 24.3 Å². The molecule has 1 aromatic carbocycles. The van der Waals surface area contributed by atoms with E-state index in [4.69, 9.17) is 4.74 Å². The van der Waals surface area contributed by atoms with Crippen molar-refractivity contribution in [3.8, 4) is 0 Å². The summed E-state index contributed by atoms with van der Waals surface area (Å²) >= 11 is 0. The number of amides is 1. The maximum Gasteiger partial charge on any atom is 0.225 e. The van der Waals surface area contributed by atoms with E-state index >= 15 is 0 Å². The third kappa shape index (κ3) is 3.27. The molecule has 2 atom stereocenters. The highest BCUT2D eigenvalue weighted by Crippen LogP contribution is 2.30. The SMILES string of the molecule is CNC[C@H]1CCN(C(=O)C[C@@H]2OCCc3ccccc32)C1. The second-order valence-electron chi connectivity index (χ2n) is 6.06. The highest BCUT2D eigenvalue weighted by atomic mass is 16.5. The van der Waals surface area contributed by atoms with Gasteiger partial charge < -0.3 is 15.0 Å². The number of benzene rings is 1. The van der Waals surface area contributed by atoms with Gasteiger partial charge in [0.05, 0.1) is 19.1 Å². The molecule has 0 aromatic heterocycles. The van der Waals surface area contributed by atoms with Gasteiger partial charge in [0.15, 0.2) is 0 Å². The first-order valence-electron chi connectivity index (χ1n) is 7.89. The maximum absolute atomic E-state index is 12.5. The zero-order chi connectivity index (χ0) is 14.7. The third-order valence-corrected chi connectivity index (χ3v) is 4.58. The molecule has 1 amide bonds. The zero-order valence-electron chi connectivity index (χ0n) is 12.7. The summed E-state index contributed by atoms with van der Waals surface area (Å²) in [5.41, 5.74) is 2.53. The average molecular weight is 288 g/mol. The molecule has 3 rings (SSSR count). The van der Waals surface area contributed by atoms with Gasteiger partial charge in [0, 0.05) is 13.1 Å². The molecule has 4 nitrogen and oxygen atoms in total. The summed E-state index contributed by atoms with van der Waals surface area (Å²) in [5.74, 6) is 0.828. The minimum absolute atomic E-state index is 0.0641. The summed E-state index contributed by atoms with van der Waals surface area (Å²) in [6, 6.07) is 8.34.